The molecule has 0 aromatic carbocycles. The standard InChI is InChI=1S/C15H27N5O/c1-11-14(12(2)20(3)19-11)7-4-8-17-15(16)18-10-13-6-5-9-21-13/h13H,4-10H2,1-3H3,(H3,16,17,18). The quantitative estimate of drug-likeness (QED) is 0.467. The third kappa shape index (κ3) is 4.46. The molecule has 0 aliphatic carbocycles. The molecule has 6 nitrogen and oxygen atoms in total. The van der Waals surface area contributed by atoms with Gasteiger partial charge in [-0.1, -0.05) is 0 Å². The van der Waals surface area contributed by atoms with Crippen LogP contribution in [0, 0.1) is 13.8 Å². The van der Waals surface area contributed by atoms with Crippen LogP contribution in [0.4, 0.5) is 0 Å². The highest BCUT2D eigenvalue weighted by Gasteiger charge is 2.14. The Balaban J connectivity index is 1.67. The van der Waals surface area contributed by atoms with Gasteiger partial charge in [-0.2, -0.15) is 5.10 Å². The van der Waals surface area contributed by atoms with Gasteiger partial charge in [0.2, 0.25) is 0 Å². The van der Waals surface area contributed by atoms with Gasteiger partial charge in [0.1, 0.15) is 0 Å². The van der Waals surface area contributed by atoms with Gasteiger partial charge in [0, 0.05) is 25.9 Å². The highest BCUT2D eigenvalue weighted by atomic mass is 16.5. The van der Waals surface area contributed by atoms with Crippen molar-refractivity contribution in [3.05, 3.63) is 17.0 Å². The number of nitrogens with two attached hydrogens (primary N) is 1. The summed E-state index contributed by atoms with van der Waals surface area (Å²) < 4.78 is 7.46. The second-order valence-electron chi connectivity index (χ2n) is 5.66. The van der Waals surface area contributed by atoms with Crippen molar-refractivity contribution in [2.45, 2.75) is 45.6 Å². The molecule has 1 aromatic heterocycles. The molecule has 1 aliphatic heterocycles. The van der Waals surface area contributed by atoms with Crippen LogP contribution in [0.15, 0.2) is 4.99 Å². The second-order valence-corrected chi connectivity index (χ2v) is 5.66. The van der Waals surface area contributed by atoms with Gasteiger partial charge in [-0.3, -0.25) is 9.67 Å². The molecule has 0 radical (unpaired) electrons. The minimum atomic E-state index is 0.256. The van der Waals surface area contributed by atoms with E-state index in [1.807, 2.05) is 11.7 Å². The lowest BCUT2D eigenvalue weighted by atomic mass is 10.1. The molecule has 0 saturated carbocycles. The van der Waals surface area contributed by atoms with E-state index in [0.717, 1.165) is 44.5 Å². The fourth-order valence-corrected chi connectivity index (χ4v) is 2.71. The van der Waals surface area contributed by atoms with Crippen molar-refractivity contribution in [2.75, 3.05) is 19.7 Å². The normalized spacial score (nSPS) is 19.2. The topological polar surface area (TPSA) is 77.5 Å². The number of aryl methyl sites for hydroxylation is 2. The lowest BCUT2D eigenvalue weighted by Gasteiger charge is -2.08. The van der Waals surface area contributed by atoms with Crippen molar-refractivity contribution >= 4 is 5.96 Å². The van der Waals surface area contributed by atoms with Crippen LogP contribution in [0.3, 0.4) is 0 Å². The number of rotatable bonds is 6. The Hall–Kier alpha value is -1.56. The Labute approximate surface area is 126 Å². The van der Waals surface area contributed by atoms with Gasteiger partial charge in [0.15, 0.2) is 5.96 Å². The molecular weight excluding hydrogens is 266 g/mol. The smallest absolute Gasteiger partial charge is 0.188 e. The van der Waals surface area contributed by atoms with Crippen LogP contribution in [0.2, 0.25) is 0 Å². The lowest BCUT2D eigenvalue weighted by molar-refractivity contribution is 0.118. The van der Waals surface area contributed by atoms with Crippen LogP contribution in [-0.4, -0.2) is 41.5 Å². The number of hydrogen-bond acceptors (Lipinski definition) is 3. The van der Waals surface area contributed by atoms with Crippen LogP contribution >= 0.6 is 0 Å². The molecule has 2 heterocycles. The van der Waals surface area contributed by atoms with Gasteiger partial charge >= 0.3 is 0 Å². The van der Waals surface area contributed by atoms with Gasteiger partial charge in [0.25, 0.3) is 0 Å². The number of guanidine groups is 1. The lowest BCUT2D eigenvalue weighted by Crippen LogP contribution is -2.33. The van der Waals surface area contributed by atoms with Crippen LogP contribution < -0.4 is 11.1 Å². The molecule has 1 atom stereocenters. The number of aromatic nitrogens is 2. The fraction of sp³-hybridized carbons (Fsp3) is 0.733. The molecule has 0 bridgehead atoms. The van der Waals surface area contributed by atoms with E-state index in [2.05, 4.69) is 29.3 Å². The Kier molecular flexibility index (Phi) is 5.61. The van der Waals surface area contributed by atoms with Crippen LogP contribution in [0.1, 0.15) is 36.2 Å². The Bertz CT molecular complexity index is 488. The van der Waals surface area contributed by atoms with Crippen LogP contribution in [-0.2, 0) is 18.2 Å². The maximum atomic E-state index is 5.86. The first-order valence-electron chi connectivity index (χ1n) is 7.72. The van der Waals surface area contributed by atoms with Gasteiger partial charge in [-0.25, -0.2) is 0 Å². The van der Waals surface area contributed by atoms with Crippen molar-refractivity contribution in [1.29, 1.82) is 0 Å². The zero-order valence-corrected chi connectivity index (χ0v) is 13.4. The number of aliphatic imine (C=N–C) groups is 1. The highest BCUT2D eigenvalue weighted by Crippen LogP contribution is 2.13. The molecule has 2 rings (SSSR count). The van der Waals surface area contributed by atoms with E-state index < -0.39 is 0 Å². The molecule has 1 unspecified atom stereocenters. The van der Waals surface area contributed by atoms with Gasteiger partial charge in [-0.05, 0) is 45.1 Å². The Morgan fingerprint density at radius 3 is 2.95 bits per heavy atom. The molecule has 1 aliphatic rings. The fourth-order valence-electron chi connectivity index (χ4n) is 2.71. The van der Waals surface area contributed by atoms with E-state index in [1.54, 1.807) is 0 Å². The first-order valence-corrected chi connectivity index (χ1v) is 7.72. The molecule has 1 fully saturated rings. The monoisotopic (exact) mass is 293 g/mol. The molecule has 21 heavy (non-hydrogen) atoms. The summed E-state index contributed by atoms with van der Waals surface area (Å²) in [5.74, 6) is 0.519. The predicted octanol–water partition coefficient (Wildman–Crippen LogP) is 1.05. The van der Waals surface area contributed by atoms with E-state index in [0.29, 0.717) is 12.5 Å². The molecule has 1 aromatic rings. The third-order valence-electron chi connectivity index (χ3n) is 4.06. The minimum Gasteiger partial charge on any atom is -0.376 e. The van der Waals surface area contributed by atoms with Crippen LogP contribution in [0.25, 0.3) is 0 Å². The predicted molar refractivity (Wildman–Crippen MR) is 84.5 cm³/mol. The molecule has 0 amide bonds. The van der Waals surface area contributed by atoms with Gasteiger partial charge in [-0.15, -0.1) is 0 Å². The Morgan fingerprint density at radius 1 is 1.52 bits per heavy atom. The zero-order chi connectivity index (χ0) is 15.2. The van der Waals surface area contributed by atoms with E-state index in [1.165, 1.54) is 11.3 Å². The number of nitrogens with one attached hydrogen (secondary N) is 1. The van der Waals surface area contributed by atoms with Crippen molar-refractivity contribution < 1.29 is 4.74 Å². The second kappa shape index (κ2) is 7.45. The van der Waals surface area contributed by atoms with Gasteiger partial charge < -0.3 is 15.8 Å². The first-order chi connectivity index (χ1) is 10.1. The molecule has 6 heteroatoms. The summed E-state index contributed by atoms with van der Waals surface area (Å²) in [6.45, 7) is 6.53. The molecule has 1 saturated heterocycles. The maximum absolute atomic E-state index is 5.86. The summed E-state index contributed by atoms with van der Waals surface area (Å²) in [4.78, 5) is 4.33. The summed E-state index contributed by atoms with van der Waals surface area (Å²) in [6.07, 6.45) is 4.51. The van der Waals surface area contributed by atoms with Crippen molar-refractivity contribution in [3.8, 4) is 0 Å². The minimum absolute atomic E-state index is 0.256. The van der Waals surface area contributed by atoms with Crippen molar-refractivity contribution in [2.24, 2.45) is 17.8 Å². The zero-order valence-electron chi connectivity index (χ0n) is 13.4. The summed E-state index contributed by atoms with van der Waals surface area (Å²) in [7, 11) is 1.99. The van der Waals surface area contributed by atoms with E-state index in [4.69, 9.17) is 10.5 Å². The average molecular weight is 293 g/mol. The summed E-state index contributed by atoms with van der Waals surface area (Å²) in [6, 6.07) is 0. The average Bonchev–Trinajstić information content (AvgIpc) is 3.04. The largest absolute Gasteiger partial charge is 0.376 e. The van der Waals surface area contributed by atoms with E-state index >= 15 is 0 Å². The summed E-state index contributed by atoms with van der Waals surface area (Å²) in [5.41, 5.74) is 9.57. The van der Waals surface area contributed by atoms with Crippen molar-refractivity contribution in [1.82, 2.24) is 15.1 Å². The highest BCUT2D eigenvalue weighted by molar-refractivity contribution is 5.77. The third-order valence-corrected chi connectivity index (χ3v) is 4.06. The Morgan fingerprint density at radius 2 is 2.33 bits per heavy atom. The number of nitrogens with zero attached hydrogens (tertiary/aromatic N) is 3. The van der Waals surface area contributed by atoms with E-state index in [-0.39, 0.29) is 6.10 Å². The summed E-state index contributed by atoms with van der Waals surface area (Å²) in [5, 5.41) is 7.60. The van der Waals surface area contributed by atoms with Gasteiger partial charge in [0.05, 0.1) is 18.3 Å². The molecule has 118 valence electrons. The van der Waals surface area contributed by atoms with Crippen molar-refractivity contribution in [3.63, 3.8) is 0 Å². The number of ether oxygens (including phenoxy) is 1. The number of hydrogen-bond donors (Lipinski definition) is 2. The SMILES string of the molecule is Cc1nn(C)c(C)c1CCCNC(N)=NCC1CCCO1. The molecule has 0 spiro atoms. The summed E-state index contributed by atoms with van der Waals surface area (Å²) >= 11 is 0. The molecule has 3 N–H and O–H groups in total. The first kappa shape index (κ1) is 15.8. The van der Waals surface area contributed by atoms with Crippen LogP contribution in [0.5, 0.6) is 0 Å². The maximum Gasteiger partial charge on any atom is 0.188 e. The van der Waals surface area contributed by atoms with E-state index in [9.17, 15) is 0 Å². The molecular formula is C15H27N5O.